The molecule has 1 aliphatic rings. The monoisotopic (exact) mass is 368 g/mol. The predicted octanol–water partition coefficient (Wildman–Crippen LogP) is 3.85. The largest absolute Gasteiger partial charge is 0.467 e. The molecule has 1 aliphatic carbocycles. The van der Waals surface area contributed by atoms with Gasteiger partial charge < -0.3 is 14.2 Å². The molecule has 0 aliphatic heterocycles. The number of hydrogen-bond acceptors (Lipinski definition) is 3. The third-order valence-electron chi connectivity index (χ3n) is 5.08. The third kappa shape index (κ3) is 5.22. The first-order chi connectivity index (χ1) is 13.2. The zero-order valence-corrected chi connectivity index (χ0v) is 16.0. The first kappa shape index (κ1) is 19.2. The summed E-state index contributed by atoms with van der Waals surface area (Å²) in [5.41, 5.74) is 1.06. The molecule has 0 atom stereocenters. The van der Waals surface area contributed by atoms with Crippen LogP contribution in [0.4, 0.5) is 0 Å². The molecule has 144 valence electrons. The SMILES string of the molecule is CCCN(CC(=O)N(Cc1ccccc1)Cc1ccco1)C(=O)C1CCC1. The molecule has 3 rings (SSSR count). The highest BCUT2D eigenvalue weighted by Crippen LogP contribution is 2.28. The molecule has 0 radical (unpaired) electrons. The molecule has 5 nitrogen and oxygen atoms in total. The molecule has 1 saturated carbocycles. The standard InChI is InChI=1S/C22H28N2O3/c1-2-13-23(22(26)19-10-6-11-19)17-21(25)24(16-20-12-7-14-27-20)15-18-8-4-3-5-9-18/h3-5,7-9,12,14,19H,2,6,10-11,13,15-17H2,1H3. The van der Waals surface area contributed by atoms with Crippen LogP contribution in [-0.4, -0.2) is 34.7 Å². The number of furan rings is 1. The molecular weight excluding hydrogens is 340 g/mol. The fourth-order valence-corrected chi connectivity index (χ4v) is 3.34. The van der Waals surface area contributed by atoms with E-state index in [-0.39, 0.29) is 24.3 Å². The summed E-state index contributed by atoms with van der Waals surface area (Å²) in [7, 11) is 0. The molecule has 1 fully saturated rings. The van der Waals surface area contributed by atoms with E-state index < -0.39 is 0 Å². The van der Waals surface area contributed by atoms with Crippen LogP contribution in [0.15, 0.2) is 53.1 Å². The van der Waals surface area contributed by atoms with Crippen molar-refractivity contribution in [2.24, 2.45) is 5.92 Å². The van der Waals surface area contributed by atoms with Gasteiger partial charge in [0.2, 0.25) is 11.8 Å². The van der Waals surface area contributed by atoms with Gasteiger partial charge in [-0.25, -0.2) is 0 Å². The Labute approximate surface area is 160 Å². The lowest BCUT2D eigenvalue weighted by atomic mass is 9.84. The second-order valence-corrected chi connectivity index (χ2v) is 7.20. The van der Waals surface area contributed by atoms with Crippen LogP contribution >= 0.6 is 0 Å². The third-order valence-corrected chi connectivity index (χ3v) is 5.08. The van der Waals surface area contributed by atoms with Crippen molar-refractivity contribution in [1.29, 1.82) is 0 Å². The second kappa shape index (κ2) is 9.40. The van der Waals surface area contributed by atoms with Gasteiger partial charge in [0, 0.05) is 19.0 Å². The number of rotatable bonds is 9. The Morgan fingerprint density at radius 1 is 1.04 bits per heavy atom. The van der Waals surface area contributed by atoms with Crippen molar-refractivity contribution in [1.82, 2.24) is 9.80 Å². The Hall–Kier alpha value is -2.56. The molecule has 2 aromatic rings. The van der Waals surface area contributed by atoms with Crippen LogP contribution in [0.3, 0.4) is 0 Å². The van der Waals surface area contributed by atoms with Gasteiger partial charge in [0.25, 0.3) is 0 Å². The van der Waals surface area contributed by atoms with Gasteiger partial charge in [0.15, 0.2) is 0 Å². The Bertz CT molecular complexity index is 723. The van der Waals surface area contributed by atoms with Crippen LogP contribution in [0.5, 0.6) is 0 Å². The lowest BCUT2D eigenvalue weighted by molar-refractivity contribution is -0.145. The van der Waals surface area contributed by atoms with Crippen LogP contribution in [0.1, 0.15) is 43.9 Å². The van der Waals surface area contributed by atoms with Crippen LogP contribution in [0.2, 0.25) is 0 Å². The van der Waals surface area contributed by atoms with E-state index in [0.29, 0.717) is 19.6 Å². The summed E-state index contributed by atoms with van der Waals surface area (Å²) in [5, 5.41) is 0. The van der Waals surface area contributed by atoms with Gasteiger partial charge in [0.1, 0.15) is 5.76 Å². The molecule has 0 saturated heterocycles. The van der Waals surface area contributed by atoms with Gasteiger partial charge in [-0.1, -0.05) is 43.7 Å². The molecule has 0 N–H and O–H groups in total. The van der Waals surface area contributed by atoms with Crippen molar-refractivity contribution in [3.05, 3.63) is 60.1 Å². The number of nitrogens with zero attached hydrogens (tertiary/aromatic N) is 2. The number of amides is 2. The van der Waals surface area contributed by atoms with Crippen molar-refractivity contribution in [2.45, 2.75) is 45.7 Å². The van der Waals surface area contributed by atoms with E-state index >= 15 is 0 Å². The first-order valence-electron chi connectivity index (χ1n) is 9.80. The number of hydrogen-bond donors (Lipinski definition) is 0. The second-order valence-electron chi connectivity index (χ2n) is 7.20. The maximum absolute atomic E-state index is 13.1. The van der Waals surface area contributed by atoms with Gasteiger partial charge in [-0.05, 0) is 37.0 Å². The molecule has 1 aromatic heterocycles. The average Bonchev–Trinajstić information content (AvgIpc) is 3.13. The average molecular weight is 368 g/mol. The molecule has 2 amide bonds. The molecule has 1 aromatic carbocycles. The molecular formula is C22H28N2O3. The van der Waals surface area contributed by atoms with E-state index in [2.05, 4.69) is 0 Å². The Morgan fingerprint density at radius 2 is 1.81 bits per heavy atom. The van der Waals surface area contributed by atoms with Crippen molar-refractivity contribution in [3.63, 3.8) is 0 Å². The van der Waals surface area contributed by atoms with Gasteiger partial charge >= 0.3 is 0 Å². The van der Waals surface area contributed by atoms with Crippen LogP contribution in [0, 0.1) is 5.92 Å². The number of carbonyl (C=O) groups is 2. The van der Waals surface area contributed by atoms with Crippen LogP contribution < -0.4 is 0 Å². The van der Waals surface area contributed by atoms with Crippen molar-refractivity contribution < 1.29 is 14.0 Å². The minimum absolute atomic E-state index is 0.0450. The van der Waals surface area contributed by atoms with Gasteiger partial charge in [-0.3, -0.25) is 9.59 Å². The highest BCUT2D eigenvalue weighted by atomic mass is 16.3. The minimum Gasteiger partial charge on any atom is -0.467 e. The van der Waals surface area contributed by atoms with E-state index in [1.54, 1.807) is 16.1 Å². The highest BCUT2D eigenvalue weighted by Gasteiger charge is 2.31. The Balaban J connectivity index is 1.70. The molecule has 0 bridgehead atoms. The van der Waals surface area contributed by atoms with Gasteiger partial charge in [-0.2, -0.15) is 0 Å². The number of carbonyl (C=O) groups excluding carboxylic acids is 2. The van der Waals surface area contributed by atoms with E-state index in [0.717, 1.165) is 37.0 Å². The zero-order valence-electron chi connectivity index (χ0n) is 16.0. The topological polar surface area (TPSA) is 53.8 Å². The fourth-order valence-electron chi connectivity index (χ4n) is 3.34. The van der Waals surface area contributed by atoms with Crippen molar-refractivity contribution in [2.75, 3.05) is 13.1 Å². The summed E-state index contributed by atoms with van der Waals surface area (Å²) >= 11 is 0. The maximum atomic E-state index is 13.1. The fraction of sp³-hybridized carbons (Fsp3) is 0.455. The van der Waals surface area contributed by atoms with Crippen LogP contribution in [0.25, 0.3) is 0 Å². The maximum Gasteiger partial charge on any atom is 0.242 e. The highest BCUT2D eigenvalue weighted by molar-refractivity contribution is 5.86. The van der Waals surface area contributed by atoms with E-state index in [4.69, 9.17) is 4.42 Å². The van der Waals surface area contributed by atoms with Crippen molar-refractivity contribution >= 4 is 11.8 Å². The smallest absolute Gasteiger partial charge is 0.242 e. The summed E-state index contributed by atoms with van der Waals surface area (Å²) in [6.45, 7) is 3.70. The molecule has 0 spiro atoms. The summed E-state index contributed by atoms with van der Waals surface area (Å²) in [5.74, 6) is 0.939. The summed E-state index contributed by atoms with van der Waals surface area (Å²) in [6, 6.07) is 13.6. The quantitative estimate of drug-likeness (QED) is 0.676. The molecule has 1 heterocycles. The van der Waals surface area contributed by atoms with E-state index in [9.17, 15) is 9.59 Å². The van der Waals surface area contributed by atoms with Gasteiger partial charge in [0.05, 0.1) is 19.4 Å². The van der Waals surface area contributed by atoms with E-state index in [1.165, 1.54) is 0 Å². The predicted molar refractivity (Wildman–Crippen MR) is 104 cm³/mol. The number of benzene rings is 1. The molecule has 27 heavy (non-hydrogen) atoms. The Morgan fingerprint density at radius 3 is 2.41 bits per heavy atom. The van der Waals surface area contributed by atoms with Crippen LogP contribution in [-0.2, 0) is 22.7 Å². The minimum atomic E-state index is -0.0450. The normalized spacial score (nSPS) is 13.8. The van der Waals surface area contributed by atoms with Crippen molar-refractivity contribution in [3.8, 4) is 0 Å². The first-order valence-corrected chi connectivity index (χ1v) is 9.80. The van der Waals surface area contributed by atoms with E-state index in [1.807, 2.05) is 49.4 Å². The summed E-state index contributed by atoms with van der Waals surface area (Å²) in [6.07, 6.45) is 5.48. The lowest BCUT2D eigenvalue weighted by Crippen LogP contribution is -2.46. The molecule has 5 heteroatoms. The summed E-state index contributed by atoms with van der Waals surface area (Å²) in [4.78, 5) is 29.3. The summed E-state index contributed by atoms with van der Waals surface area (Å²) < 4.78 is 5.44. The van der Waals surface area contributed by atoms with Gasteiger partial charge in [-0.15, -0.1) is 0 Å². The Kier molecular flexibility index (Phi) is 6.69. The lowest BCUT2D eigenvalue weighted by Gasteiger charge is -2.32. The zero-order chi connectivity index (χ0) is 19.1. The molecule has 0 unspecified atom stereocenters.